The quantitative estimate of drug-likeness (QED) is 0.311. The van der Waals surface area contributed by atoms with Crippen molar-refractivity contribution in [3.63, 3.8) is 0 Å². The number of aromatic nitrogens is 1. The van der Waals surface area contributed by atoms with Crippen molar-refractivity contribution in [2.75, 3.05) is 18.0 Å². The topological polar surface area (TPSA) is 81.9 Å². The van der Waals surface area contributed by atoms with E-state index in [-0.39, 0.29) is 10.8 Å². The van der Waals surface area contributed by atoms with Gasteiger partial charge in [0.2, 0.25) is 5.89 Å². The molecule has 4 aromatic rings. The molecule has 0 saturated carbocycles. The van der Waals surface area contributed by atoms with Crippen LogP contribution >= 0.6 is 11.3 Å². The van der Waals surface area contributed by atoms with E-state index < -0.39 is 10.0 Å². The molecular weight excluding hydrogens is 460 g/mol. The average Bonchev–Trinajstić information content (AvgIpc) is 3.49. The first-order valence-corrected chi connectivity index (χ1v) is 12.6. The average molecular weight is 485 g/mol. The Morgan fingerprint density at radius 2 is 1.85 bits per heavy atom. The number of anilines is 1. The van der Waals surface area contributed by atoms with E-state index in [0.29, 0.717) is 46.7 Å². The Morgan fingerprint density at radius 1 is 1.06 bits per heavy atom. The zero-order valence-corrected chi connectivity index (χ0v) is 20.2. The third kappa shape index (κ3) is 4.74. The lowest BCUT2D eigenvalue weighted by Crippen LogP contribution is -2.30. The predicted octanol–water partition coefficient (Wildman–Crippen LogP) is 5.51. The standard InChI is InChI=1S/C24H24N2O5S2/c1-4-30-21-13-12-18(15-22(21)29-3)24-25-20(17(2)31-24)16-26(19-9-6-5-7-10-19)33(27,28)23-11-8-14-32-23/h5-15H,4,16H2,1-3H3. The van der Waals surface area contributed by atoms with Crippen LogP contribution in [0.5, 0.6) is 11.5 Å². The molecule has 0 aliphatic heterocycles. The van der Waals surface area contributed by atoms with Crippen molar-refractivity contribution in [2.24, 2.45) is 0 Å². The third-order valence-electron chi connectivity index (χ3n) is 4.98. The number of oxazole rings is 1. The second-order valence-corrected chi connectivity index (χ2v) is 10.1. The van der Waals surface area contributed by atoms with Crippen LogP contribution in [0.4, 0.5) is 5.69 Å². The summed E-state index contributed by atoms with van der Waals surface area (Å²) >= 11 is 1.18. The summed E-state index contributed by atoms with van der Waals surface area (Å²) in [5, 5.41) is 1.74. The SMILES string of the molecule is CCOc1ccc(-c2nc(CN(c3ccccc3)S(=O)(=O)c3cccs3)c(C)o2)cc1OC. The molecule has 33 heavy (non-hydrogen) atoms. The van der Waals surface area contributed by atoms with Crippen molar-refractivity contribution in [1.29, 1.82) is 0 Å². The molecule has 2 heterocycles. The Bertz CT molecular complexity index is 1320. The van der Waals surface area contributed by atoms with E-state index in [1.165, 1.54) is 15.6 Å². The van der Waals surface area contributed by atoms with Gasteiger partial charge in [0, 0.05) is 5.56 Å². The summed E-state index contributed by atoms with van der Waals surface area (Å²) in [4.78, 5) is 4.63. The molecule has 0 amide bonds. The van der Waals surface area contributed by atoms with Crippen LogP contribution in [0.3, 0.4) is 0 Å². The van der Waals surface area contributed by atoms with Crippen molar-refractivity contribution in [2.45, 2.75) is 24.6 Å². The van der Waals surface area contributed by atoms with Crippen LogP contribution in [0.25, 0.3) is 11.5 Å². The highest BCUT2D eigenvalue weighted by atomic mass is 32.2. The highest BCUT2D eigenvalue weighted by molar-refractivity contribution is 7.94. The number of aryl methyl sites for hydroxylation is 1. The van der Waals surface area contributed by atoms with Gasteiger partial charge in [-0.25, -0.2) is 13.4 Å². The Morgan fingerprint density at radius 3 is 2.52 bits per heavy atom. The van der Waals surface area contributed by atoms with Crippen molar-refractivity contribution in [3.05, 3.63) is 77.5 Å². The minimum absolute atomic E-state index is 0.0355. The van der Waals surface area contributed by atoms with Crippen LogP contribution in [-0.2, 0) is 16.6 Å². The van der Waals surface area contributed by atoms with Crippen molar-refractivity contribution < 1.29 is 22.3 Å². The van der Waals surface area contributed by atoms with Gasteiger partial charge >= 0.3 is 0 Å². The highest BCUT2D eigenvalue weighted by Crippen LogP contribution is 2.34. The minimum atomic E-state index is -3.77. The molecule has 0 radical (unpaired) electrons. The normalized spacial score (nSPS) is 11.4. The van der Waals surface area contributed by atoms with Crippen LogP contribution in [-0.4, -0.2) is 27.1 Å². The molecule has 0 unspecified atom stereocenters. The molecule has 4 rings (SSSR count). The van der Waals surface area contributed by atoms with Crippen LogP contribution in [0.15, 0.2) is 74.7 Å². The number of nitrogens with zero attached hydrogens (tertiary/aromatic N) is 2. The largest absolute Gasteiger partial charge is 0.493 e. The maximum absolute atomic E-state index is 13.4. The number of para-hydroxylation sites is 1. The molecule has 2 aromatic carbocycles. The number of sulfonamides is 1. The van der Waals surface area contributed by atoms with E-state index in [4.69, 9.17) is 13.9 Å². The van der Waals surface area contributed by atoms with Crippen molar-refractivity contribution >= 4 is 27.0 Å². The maximum atomic E-state index is 13.4. The number of benzene rings is 2. The number of ether oxygens (including phenoxy) is 2. The molecule has 0 bridgehead atoms. The van der Waals surface area contributed by atoms with Gasteiger partial charge in [0.1, 0.15) is 15.7 Å². The van der Waals surface area contributed by atoms with Gasteiger partial charge in [-0.05, 0) is 55.6 Å². The molecular formula is C24H24N2O5S2. The van der Waals surface area contributed by atoms with Gasteiger partial charge < -0.3 is 13.9 Å². The van der Waals surface area contributed by atoms with Crippen LogP contribution in [0.1, 0.15) is 18.4 Å². The smallest absolute Gasteiger partial charge is 0.274 e. The number of methoxy groups -OCH3 is 1. The molecule has 0 spiro atoms. The molecule has 7 nitrogen and oxygen atoms in total. The summed E-state index contributed by atoms with van der Waals surface area (Å²) in [7, 11) is -2.20. The number of hydrogen-bond donors (Lipinski definition) is 0. The Hall–Kier alpha value is -3.30. The highest BCUT2D eigenvalue weighted by Gasteiger charge is 2.28. The van der Waals surface area contributed by atoms with E-state index in [1.807, 2.05) is 19.1 Å². The number of thiophene rings is 1. The van der Waals surface area contributed by atoms with Crippen molar-refractivity contribution in [3.8, 4) is 23.0 Å². The molecule has 172 valence electrons. The van der Waals surface area contributed by atoms with E-state index >= 15 is 0 Å². The lowest BCUT2D eigenvalue weighted by atomic mass is 10.2. The summed E-state index contributed by atoms with van der Waals surface area (Å²) < 4.78 is 45.4. The Kier molecular flexibility index (Phi) is 6.71. The van der Waals surface area contributed by atoms with Crippen molar-refractivity contribution in [1.82, 2.24) is 4.98 Å². The zero-order valence-electron chi connectivity index (χ0n) is 18.5. The van der Waals surface area contributed by atoms with Gasteiger partial charge in [0.05, 0.1) is 25.9 Å². The van der Waals surface area contributed by atoms with Gasteiger partial charge in [0.25, 0.3) is 10.0 Å². The Balaban J connectivity index is 1.71. The molecule has 0 aliphatic carbocycles. The lowest BCUT2D eigenvalue weighted by Gasteiger charge is -2.23. The first-order chi connectivity index (χ1) is 15.9. The summed E-state index contributed by atoms with van der Waals surface area (Å²) in [6.07, 6.45) is 0. The zero-order chi connectivity index (χ0) is 23.4. The number of hydrogen-bond acceptors (Lipinski definition) is 7. The first kappa shape index (κ1) is 22.9. The summed E-state index contributed by atoms with van der Waals surface area (Å²) in [6.45, 7) is 4.23. The molecule has 0 saturated heterocycles. The number of rotatable bonds is 9. The first-order valence-electron chi connectivity index (χ1n) is 10.3. The molecule has 0 aliphatic rings. The third-order valence-corrected chi connectivity index (χ3v) is 8.13. The summed E-state index contributed by atoms with van der Waals surface area (Å²) in [5.41, 5.74) is 1.79. The van der Waals surface area contributed by atoms with Crippen LogP contribution < -0.4 is 13.8 Å². The fourth-order valence-electron chi connectivity index (χ4n) is 3.34. The Labute approximate surface area is 197 Å². The molecule has 0 atom stereocenters. The second kappa shape index (κ2) is 9.68. The predicted molar refractivity (Wildman–Crippen MR) is 129 cm³/mol. The van der Waals surface area contributed by atoms with E-state index in [1.54, 1.807) is 67.9 Å². The molecule has 2 aromatic heterocycles. The fraction of sp³-hybridized carbons (Fsp3) is 0.208. The monoisotopic (exact) mass is 484 g/mol. The lowest BCUT2D eigenvalue weighted by molar-refractivity contribution is 0.311. The van der Waals surface area contributed by atoms with E-state index in [0.717, 1.165) is 0 Å². The van der Waals surface area contributed by atoms with Gasteiger partial charge in [-0.1, -0.05) is 24.3 Å². The van der Waals surface area contributed by atoms with Crippen LogP contribution in [0, 0.1) is 6.92 Å². The van der Waals surface area contributed by atoms with Crippen LogP contribution in [0.2, 0.25) is 0 Å². The minimum Gasteiger partial charge on any atom is -0.493 e. The second-order valence-electron chi connectivity index (χ2n) is 7.10. The van der Waals surface area contributed by atoms with Gasteiger partial charge in [0.15, 0.2) is 11.5 Å². The maximum Gasteiger partial charge on any atom is 0.274 e. The molecule has 9 heteroatoms. The van der Waals surface area contributed by atoms with E-state index in [9.17, 15) is 8.42 Å². The summed E-state index contributed by atoms with van der Waals surface area (Å²) in [5.74, 6) is 2.12. The summed E-state index contributed by atoms with van der Waals surface area (Å²) in [6, 6.07) is 17.7. The van der Waals surface area contributed by atoms with Gasteiger partial charge in [-0.2, -0.15) is 0 Å². The molecule has 0 fully saturated rings. The fourth-order valence-corrected chi connectivity index (χ4v) is 5.87. The molecule has 0 N–H and O–H groups in total. The van der Waals surface area contributed by atoms with Gasteiger partial charge in [-0.15, -0.1) is 11.3 Å². The van der Waals surface area contributed by atoms with E-state index in [2.05, 4.69) is 4.98 Å². The van der Waals surface area contributed by atoms with Gasteiger partial charge in [-0.3, -0.25) is 4.31 Å².